The molecular formula is C18H20N2O3S2. The lowest BCUT2D eigenvalue weighted by Gasteiger charge is -2.33. The number of carbonyl (C=O) groups is 1. The molecule has 0 radical (unpaired) electrons. The number of hydrogen-bond acceptors (Lipinski definition) is 4. The van der Waals surface area contributed by atoms with Crippen molar-refractivity contribution in [1.82, 2.24) is 9.21 Å². The first kappa shape index (κ1) is 16.8. The highest BCUT2D eigenvalue weighted by atomic mass is 32.2. The number of piperazine rings is 1. The number of sulfonamides is 1. The zero-order valence-corrected chi connectivity index (χ0v) is 15.5. The molecule has 2 aliphatic rings. The van der Waals surface area contributed by atoms with Crippen molar-refractivity contribution in [2.24, 2.45) is 0 Å². The number of rotatable bonds is 3. The van der Waals surface area contributed by atoms with E-state index in [1.807, 2.05) is 23.6 Å². The summed E-state index contributed by atoms with van der Waals surface area (Å²) in [5, 5.41) is 1.88. The van der Waals surface area contributed by atoms with Crippen LogP contribution in [0.1, 0.15) is 27.2 Å². The number of fused-ring (bicyclic) bond motifs is 1. The second-order valence-corrected chi connectivity index (χ2v) is 9.34. The molecule has 2 aromatic rings. The maximum atomic E-state index is 12.9. The normalized spacial score (nSPS) is 18.3. The van der Waals surface area contributed by atoms with Crippen LogP contribution in [0.5, 0.6) is 0 Å². The first-order chi connectivity index (χ1) is 12.1. The quantitative estimate of drug-likeness (QED) is 0.826. The summed E-state index contributed by atoms with van der Waals surface area (Å²) in [5.41, 5.74) is 2.43. The van der Waals surface area contributed by atoms with E-state index in [0.29, 0.717) is 36.0 Å². The summed E-state index contributed by atoms with van der Waals surface area (Å²) in [5.74, 6) is -0.00965. The zero-order chi connectivity index (χ0) is 17.4. The lowest BCUT2D eigenvalue weighted by Crippen LogP contribution is -2.50. The lowest BCUT2D eigenvalue weighted by atomic mass is 10.1. The van der Waals surface area contributed by atoms with Crippen molar-refractivity contribution in [1.29, 1.82) is 0 Å². The minimum Gasteiger partial charge on any atom is -0.335 e. The number of amides is 1. The fourth-order valence-electron chi connectivity index (χ4n) is 3.55. The van der Waals surface area contributed by atoms with Crippen molar-refractivity contribution in [2.75, 3.05) is 26.2 Å². The molecule has 0 atom stereocenters. The van der Waals surface area contributed by atoms with Gasteiger partial charge in [-0.15, -0.1) is 11.3 Å². The molecule has 132 valence electrons. The molecule has 1 fully saturated rings. The van der Waals surface area contributed by atoms with Crippen molar-refractivity contribution in [3.05, 3.63) is 51.7 Å². The van der Waals surface area contributed by atoms with E-state index in [9.17, 15) is 13.2 Å². The highest BCUT2D eigenvalue weighted by Crippen LogP contribution is 2.27. The van der Waals surface area contributed by atoms with Gasteiger partial charge in [-0.25, -0.2) is 8.42 Å². The Morgan fingerprint density at radius 3 is 2.48 bits per heavy atom. The Morgan fingerprint density at radius 2 is 1.76 bits per heavy atom. The van der Waals surface area contributed by atoms with Crippen LogP contribution < -0.4 is 0 Å². The molecule has 0 saturated carbocycles. The van der Waals surface area contributed by atoms with E-state index < -0.39 is 10.0 Å². The van der Waals surface area contributed by atoms with Gasteiger partial charge in [0.1, 0.15) is 0 Å². The van der Waals surface area contributed by atoms with Crippen LogP contribution in [0, 0.1) is 0 Å². The first-order valence-electron chi connectivity index (χ1n) is 8.50. The van der Waals surface area contributed by atoms with Gasteiger partial charge in [0.05, 0.1) is 9.77 Å². The van der Waals surface area contributed by atoms with Gasteiger partial charge in [-0.1, -0.05) is 12.1 Å². The third-order valence-corrected chi connectivity index (χ3v) is 7.72. The minimum atomic E-state index is -3.49. The van der Waals surface area contributed by atoms with Gasteiger partial charge in [0.2, 0.25) is 10.0 Å². The molecule has 0 bridgehead atoms. The summed E-state index contributed by atoms with van der Waals surface area (Å²) < 4.78 is 27.3. The molecule has 1 aliphatic carbocycles. The van der Waals surface area contributed by atoms with Gasteiger partial charge >= 0.3 is 0 Å². The SMILES string of the molecule is O=C(c1cccs1)N1CCN(S(=O)(=O)c2ccc3c(c2)CCC3)CC1. The van der Waals surface area contributed by atoms with Crippen molar-refractivity contribution in [3.63, 3.8) is 0 Å². The van der Waals surface area contributed by atoms with Crippen LogP contribution in [-0.2, 0) is 22.9 Å². The van der Waals surface area contributed by atoms with Crippen molar-refractivity contribution < 1.29 is 13.2 Å². The Hall–Kier alpha value is -1.70. The van der Waals surface area contributed by atoms with E-state index in [4.69, 9.17) is 0 Å². The molecule has 0 spiro atoms. The van der Waals surface area contributed by atoms with Gasteiger partial charge in [-0.05, 0) is 54.0 Å². The average Bonchev–Trinajstić information content (AvgIpc) is 3.32. The zero-order valence-electron chi connectivity index (χ0n) is 13.8. The first-order valence-corrected chi connectivity index (χ1v) is 10.8. The average molecular weight is 377 g/mol. The fraction of sp³-hybridized carbons (Fsp3) is 0.389. The molecule has 2 heterocycles. The summed E-state index contributed by atoms with van der Waals surface area (Å²) in [6.45, 7) is 1.55. The predicted molar refractivity (Wildman–Crippen MR) is 97.4 cm³/mol. The second-order valence-electron chi connectivity index (χ2n) is 6.46. The summed E-state index contributed by atoms with van der Waals surface area (Å²) in [7, 11) is -3.49. The Balaban J connectivity index is 1.47. The van der Waals surface area contributed by atoms with E-state index in [-0.39, 0.29) is 5.91 Å². The van der Waals surface area contributed by atoms with E-state index in [1.54, 1.807) is 17.0 Å². The molecule has 4 rings (SSSR count). The van der Waals surface area contributed by atoms with Crippen LogP contribution in [-0.4, -0.2) is 49.7 Å². The molecule has 1 amide bonds. The largest absolute Gasteiger partial charge is 0.335 e. The van der Waals surface area contributed by atoms with E-state index in [2.05, 4.69) is 0 Å². The second kappa shape index (κ2) is 6.55. The Kier molecular flexibility index (Phi) is 4.39. The highest BCUT2D eigenvalue weighted by molar-refractivity contribution is 7.89. The number of hydrogen-bond donors (Lipinski definition) is 0. The third kappa shape index (κ3) is 3.12. The Morgan fingerprint density at radius 1 is 1.00 bits per heavy atom. The molecule has 5 nitrogen and oxygen atoms in total. The van der Waals surface area contributed by atoms with Crippen LogP contribution >= 0.6 is 11.3 Å². The summed E-state index contributed by atoms with van der Waals surface area (Å²) in [6, 6.07) is 9.17. The van der Waals surface area contributed by atoms with Crippen LogP contribution in [0.4, 0.5) is 0 Å². The number of thiophene rings is 1. The molecule has 25 heavy (non-hydrogen) atoms. The molecule has 0 unspecified atom stereocenters. The number of carbonyl (C=O) groups excluding carboxylic acids is 1. The van der Waals surface area contributed by atoms with Gasteiger partial charge < -0.3 is 4.90 Å². The maximum Gasteiger partial charge on any atom is 0.264 e. The van der Waals surface area contributed by atoms with Crippen LogP contribution in [0.2, 0.25) is 0 Å². The van der Waals surface area contributed by atoms with Crippen molar-refractivity contribution in [3.8, 4) is 0 Å². The molecule has 1 saturated heterocycles. The molecular weight excluding hydrogens is 356 g/mol. The van der Waals surface area contributed by atoms with Crippen LogP contribution in [0.15, 0.2) is 40.6 Å². The van der Waals surface area contributed by atoms with E-state index in [0.717, 1.165) is 24.8 Å². The Bertz CT molecular complexity index is 883. The van der Waals surface area contributed by atoms with Crippen molar-refractivity contribution >= 4 is 27.3 Å². The van der Waals surface area contributed by atoms with Gasteiger partial charge in [0.15, 0.2) is 0 Å². The third-order valence-electron chi connectivity index (χ3n) is 4.97. The predicted octanol–water partition coefficient (Wildman–Crippen LogP) is 2.38. The topological polar surface area (TPSA) is 57.7 Å². The standard InChI is InChI=1S/C18H20N2O3S2/c21-18(17-5-2-12-24-17)19-8-10-20(11-9-19)25(22,23)16-7-6-14-3-1-4-15(14)13-16/h2,5-7,12-13H,1,3-4,8-11H2. The number of nitrogens with zero attached hydrogens (tertiary/aromatic N) is 2. The molecule has 7 heteroatoms. The van der Waals surface area contributed by atoms with Crippen LogP contribution in [0.3, 0.4) is 0 Å². The summed E-state index contributed by atoms with van der Waals surface area (Å²) in [6.07, 6.45) is 3.10. The highest BCUT2D eigenvalue weighted by Gasteiger charge is 2.31. The summed E-state index contributed by atoms with van der Waals surface area (Å²) >= 11 is 1.42. The fourth-order valence-corrected chi connectivity index (χ4v) is 5.71. The molecule has 1 aromatic heterocycles. The molecule has 1 aliphatic heterocycles. The maximum absolute atomic E-state index is 12.9. The van der Waals surface area contributed by atoms with Crippen molar-refractivity contribution in [2.45, 2.75) is 24.2 Å². The summed E-state index contributed by atoms with van der Waals surface area (Å²) in [4.78, 5) is 15.2. The van der Waals surface area contributed by atoms with E-state index in [1.165, 1.54) is 21.2 Å². The van der Waals surface area contributed by atoms with Gasteiger partial charge in [0.25, 0.3) is 5.91 Å². The number of aryl methyl sites for hydroxylation is 2. The minimum absolute atomic E-state index is 0.00965. The van der Waals surface area contributed by atoms with Gasteiger partial charge in [0, 0.05) is 26.2 Å². The number of benzene rings is 1. The smallest absolute Gasteiger partial charge is 0.264 e. The monoisotopic (exact) mass is 376 g/mol. The lowest BCUT2D eigenvalue weighted by molar-refractivity contribution is 0.0703. The van der Waals surface area contributed by atoms with Crippen LogP contribution in [0.25, 0.3) is 0 Å². The molecule has 0 N–H and O–H groups in total. The van der Waals surface area contributed by atoms with Gasteiger partial charge in [-0.3, -0.25) is 4.79 Å². The van der Waals surface area contributed by atoms with Gasteiger partial charge in [-0.2, -0.15) is 4.31 Å². The Labute approximate surface area is 151 Å². The molecule has 1 aromatic carbocycles. The van der Waals surface area contributed by atoms with E-state index >= 15 is 0 Å².